The zero-order chi connectivity index (χ0) is 15.4. The number of carbonyl (C=O) groups excluding carboxylic acids is 1. The number of carbonyl (C=O) groups is 1. The van der Waals surface area contributed by atoms with Gasteiger partial charge in [0.05, 0.1) is 17.1 Å². The van der Waals surface area contributed by atoms with Gasteiger partial charge in [0.25, 0.3) is 5.91 Å². The van der Waals surface area contributed by atoms with E-state index in [4.69, 9.17) is 0 Å². The smallest absolute Gasteiger partial charge is 0.264 e. The minimum absolute atomic E-state index is 0.0625. The predicted molar refractivity (Wildman–Crippen MR) is 82.8 cm³/mol. The molecule has 0 fully saturated rings. The fourth-order valence-corrected chi connectivity index (χ4v) is 4.03. The van der Waals surface area contributed by atoms with Crippen LogP contribution in [-0.4, -0.2) is 41.9 Å². The summed E-state index contributed by atoms with van der Waals surface area (Å²) in [6, 6.07) is 1.95. The number of thiophene rings is 1. The number of nitrogens with zero attached hydrogens (tertiary/aromatic N) is 6. The highest BCUT2D eigenvalue weighted by molar-refractivity contribution is 7.20. The van der Waals surface area contributed by atoms with Gasteiger partial charge in [-0.15, -0.1) is 21.5 Å². The molecule has 0 unspecified atom stereocenters. The van der Waals surface area contributed by atoms with E-state index in [-0.39, 0.29) is 5.91 Å². The minimum atomic E-state index is 0.0625. The summed E-state index contributed by atoms with van der Waals surface area (Å²) in [6.07, 6.45) is 0. The van der Waals surface area contributed by atoms with Crippen molar-refractivity contribution in [2.45, 2.75) is 26.9 Å². The molecule has 1 aliphatic rings. The normalized spacial score (nSPS) is 14.6. The minimum Gasteiger partial charge on any atom is -0.329 e. The van der Waals surface area contributed by atoms with Crippen molar-refractivity contribution in [3.63, 3.8) is 0 Å². The van der Waals surface area contributed by atoms with Crippen molar-refractivity contribution in [3.05, 3.63) is 28.3 Å². The summed E-state index contributed by atoms with van der Waals surface area (Å²) < 4.78 is 3.91. The molecule has 0 N–H and O–H groups in total. The van der Waals surface area contributed by atoms with E-state index in [0.29, 0.717) is 13.1 Å². The maximum atomic E-state index is 12.8. The second kappa shape index (κ2) is 4.64. The fourth-order valence-electron chi connectivity index (χ4n) is 2.94. The monoisotopic (exact) mass is 316 g/mol. The largest absolute Gasteiger partial charge is 0.329 e. The van der Waals surface area contributed by atoms with E-state index in [9.17, 15) is 4.79 Å². The second-order valence-corrected chi connectivity index (χ2v) is 6.61. The first-order valence-electron chi connectivity index (χ1n) is 7.15. The number of hydrogen-bond donors (Lipinski definition) is 0. The van der Waals surface area contributed by atoms with Gasteiger partial charge in [0, 0.05) is 25.5 Å². The number of amides is 1. The molecule has 114 valence electrons. The Hall–Kier alpha value is -2.22. The number of aromatic nitrogens is 5. The maximum absolute atomic E-state index is 12.8. The lowest BCUT2D eigenvalue weighted by atomic mass is 10.2. The van der Waals surface area contributed by atoms with Crippen molar-refractivity contribution in [3.8, 4) is 0 Å². The van der Waals surface area contributed by atoms with Crippen LogP contribution in [0.2, 0.25) is 0 Å². The van der Waals surface area contributed by atoms with Gasteiger partial charge in [-0.1, -0.05) is 0 Å². The van der Waals surface area contributed by atoms with Gasteiger partial charge >= 0.3 is 0 Å². The van der Waals surface area contributed by atoms with Crippen LogP contribution in [0, 0.1) is 13.8 Å². The van der Waals surface area contributed by atoms with E-state index in [1.54, 1.807) is 0 Å². The summed E-state index contributed by atoms with van der Waals surface area (Å²) >= 11 is 1.50. The molecule has 8 heteroatoms. The summed E-state index contributed by atoms with van der Waals surface area (Å²) in [6.45, 7) is 5.87. The number of hydrogen-bond acceptors (Lipinski definition) is 5. The van der Waals surface area contributed by atoms with E-state index in [1.165, 1.54) is 11.3 Å². The molecule has 7 nitrogen and oxygen atoms in total. The Kier molecular flexibility index (Phi) is 2.83. The van der Waals surface area contributed by atoms with Gasteiger partial charge in [-0.3, -0.25) is 9.48 Å². The van der Waals surface area contributed by atoms with E-state index in [1.807, 2.05) is 36.5 Å². The van der Waals surface area contributed by atoms with Crippen LogP contribution in [0.15, 0.2) is 6.07 Å². The first kappa shape index (κ1) is 13.4. The lowest BCUT2D eigenvalue weighted by Crippen LogP contribution is -2.38. The Morgan fingerprint density at radius 1 is 1.27 bits per heavy atom. The molecule has 1 aliphatic heterocycles. The van der Waals surface area contributed by atoms with E-state index >= 15 is 0 Å². The van der Waals surface area contributed by atoms with Gasteiger partial charge in [-0.05, 0) is 19.9 Å². The number of rotatable bonds is 1. The highest BCUT2D eigenvalue weighted by Gasteiger charge is 2.26. The maximum Gasteiger partial charge on any atom is 0.264 e. The zero-order valence-corrected chi connectivity index (χ0v) is 13.5. The fraction of sp³-hybridized carbons (Fsp3) is 0.429. The van der Waals surface area contributed by atoms with Crippen molar-refractivity contribution in [2.24, 2.45) is 7.05 Å². The molecule has 0 saturated carbocycles. The average Bonchev–Trinajstić information content (AvgIpc) is 3.16. The van der Waals surface area contributed by atoms with Gasteiger partial charge in [0.2, 0.25) is 0 Å². The van der Waals surface area contributed by atoms with Gasteiger partial charge in [0.1, 0.15) is 10.7 Å². The average molecular weight is 316 g/mol. The Balaban J connectivity index is 1.65. The first-order chi connectivity index (χ1) is 10.5. The van der Waals surface area contributed by atoms with Crippen LogP contribution in [0.5, 0.6) is 0 Å². The molecule has 4 heterocycles. The van der Waals surface area contributed by atoms with Crippen molar-refractivity contribution in [2.75, 3.05) is 6.54 Å². The standard InChI is InChI=1S/C14H16N6OS/c1-8-10-6-11(22-14(10)18(3)17-8)13(21)19-4-5-20-9(2)15-16-12(20)7-19/h6H,4-5,7H2,1-3H3. The van der Waals surface area contributed by atoms with Gasteiger partial charge in [-0.2, -0.15) is 5.10 Å². The zero-order valence-electron chi connectivity index (χ0n) is 12.7. The summed E-state index contributed by atoms with van der Waals surface area (Å²) in [5.74, 6) is 1.83. The highest BCUT2D eigenvalue weighted by atomic mass is 32.1. The lowest BCUT2D eigenvalue weighted by molar-refractivity contribution is 0.0711. The molecule has 1 amide bonds. The molecule has 0 spiro atoms. The summed E-state index contributed by atoms with van der Waals surface area (Å²) in [5.41, 5.74) is 0.960. The Morgan fingerprint density at radius 2 is 2.09 bits per heavy atom. The topological polar surface area (TPSA) is 68.8 Å². The molecular formula is C14H16N6OS. The van der Waals surface area contributed by atoms with Gasteiger partial charge in [0.15, 0.2) is 5.82 Å². The molecule has 4 rings (SSSR count). The SMILES string of the molecule is Cc1nn(C)c2sc(C(=O)N3CCn4c(C)nnc4C3)cc12. The van der Waals surface area contributed by atoms with Crippen LogP contribution >= 0.6 is 11.3 Å². The quantitative estimate of drug-likeness (QED) is 0.682. The molecule has 0 radical (unpaired) electrons. The molecule has 3 aromatic rings. The lowest BCUT2D eigenvalue weighted by Gasteiger charge is -2.27. The third kappa shape index (κ3) is 1.87. The van der Waals surface area contributed by atoms with Crippen LogP contribution in [0.3, 0.4) is 0 Å². The second-order valence-electron chi connectivity index (χ2n) is 5.58. The van der Waals surface area contributed by atoms with E-state index < -0.39 is 0 Å². The van der Waals surface area contributed by atoms with Crippen LogP contribution in [0.25, 0.3) is 10.2 Å². The van der Waals surface area contributed by atoms with Crippen molar-refractivity contribution >= 4 is 27.5 Å². The number of fused-ring (bicyclic) bond motifs is 2. The van der Waals surface area contributed by atoms with Gasteiger partial charge in [-0.25, -0.2) is 0 Å². The molecule has 0 bridgehead atoms. The molecule has 0 atom stereocenters. The Morgan fingerprint density at radius 3 is 2.86 bits per heavy atom. The Labute approximate surface area is 131 Å². The van der Waals surface area contributed by atoms with Gasteiger partial charge < -0.3 is 9.47 Å². The van der Waals surface area contributed by atoms with Crippen LogP contribution < -0.4 is 0 Å². The molecule has 0 aromatic carbocycles. The van der Waals surface area contributed by atoms with E-state index in [0.717, 1.165) is 39.0 Å². The Bertz CT molecular complexity index is 854. The molecule has 0 aliphatic carbocycles. The first-order valence-corrected chi connectivity index (χ1v) is 7.97. The molecular weight excluding hydrogens is 300 g/mol. The predicted octanol–water partition coefficient (Wildman–Crippen LogP) is 1.50. The highest BCUT2D eigenvalue weighted by Crippen LogP contribution is 2.29. The third-order valence-electron chi connectivity index (χ3n) is 4.13. The number of aryl methyl sites for hydroxylation is 3. The molecule has 3 aromatic heterocycles. The van der Waals surface area contributed by atoms with Crippen molar-refractivity contribution in [1.82, 2.24) is 29.4 Å². The van der Waals surface area contributed by atoms with Crippen LogP contribution in [-0.2, 0) is 20.1 Å². The van der Waals surface area contributed by atoms with Crippen molar-refractivity contribution in [1.29, 1.82) is 0 Å². The summed E-state index contributed by atoms with van der Waals surface area (Å²) in [7, 11) is 1.91. The van der Waals surface area contributed by atoms with Crippen molar-refractivity contribution < 1.29 is 4.79 Å². The molecule has 0 saturated heterocycles. The summed E-state index contributed by atoms with van der Waals surface area (Å²) in [4.78, 5) is 16.4. The third-order valence-corrected chi connectivity index (χ3v) is 5.32. The van der Waals surface area contributed by atoms with E-state index in [2.05, 4.69) is 19.9 Å². The van der Waals surface area contributed by atoms with Crippen LogP contribution in [0.1, 0.15) is 27.0 Å². The van der Waals surface area contributed by atoms with Crippen LogP contribution in [0.4, 0.5) is 0 Å². The molecule has 22 heavy (non-hydrogen) atoms. The summed E-state index contributed by atoms with van der Waals surface area (Å²) in [5, 5.41) is 13.7.